The largest absolute Gasteiger partial charge is 0.143 e. The SMILES string of the molecule is CCCC1CCC(C#Cc2ccc(S)cc2)CC1. The molecule has 2 rings (SSSR count). The van der Waals surface area contributed by atoms with Gasteiger partial charge < -0.3 is 0 Å². The van der Waals surface area contributed by atoms with Crippen LogP contribution in [0.5, 0.6) is 0 Å². The smallest absolute Gasteiger partial charge is 0.0246 e. The van der Waals surface area contributed by atoms with Gasteiger partial charge in [0.25, 0.3) is 0 Å². The summed E-state index contributed by atoms with van der Waals surface area (Å²) in [6, 6.07) is 8.12. The van der Waals surface area contributed by atoms with Gasteiger partial charge >= 0.3 is 0 Å². The fourth-order valence-electron chi connectivity index (χ4n) is 2.73. The molecule has 1 aromatic rings. The fourth-order valence-corrected chi connectivity index (χ4v) is 2.88. The fraction of sp³-hybridized carbons (Fsp3) is 0.529. The molecule has 0 bridgehead atoms. The molecule has 1 heteroatoms. The van der Waals surface area contributed by atoms with Gasteiger partial charge in [0.05, 0.1) is 0 Å². The van der Waals surface area contributed by atoms with Crippen molar-refractivity contribution in [2.24, 2.45) is 11.8 Å². The summed E-state index contributed by atoms with van der Waals surface area (Å²) in [5.41, 5.74) is 1.11. The van der Waals surface area contributed by atoms with E-state index in [2.05, 4.69) is 43.5 Å². The maximum Gasteiger partial charge on any atom is 0.0246 e. The van der Waals surface area contributed by atoms with Crippen molar-refractivity contribution in [3.8, 4) is 11.8 Å². The van der Waals surface area contributed by atoms with Crippen LogP contribution >= 0.6 is 12.6 Å². The van der Waals surface area contributed by atoms with E-state index in [0.717, 1.165) is 16.4 Å². The average molecular weight is 258 g/mol. The Morgan fingerprint density at radius 1 is 1.11 bits per heavy atom. The maximum atomic E-state index is 4.28. The minimum atomic E-state index is 0.619. The second-order valence-electron chi connectivity index (χ2n) is 5.32. The van der Waals surface area contributed by atoms with Gasteiger partial charge in [-0.25, -0.2) is 0 Å². The molecule has 0 atom stereocenters. The van der Waals surface area contributed by atoms with E-state index in [-0.39, 0.29) is 0 Å². The molecule has 1 aromatic carbocycles. The Morgan fingerprint density at radius 3 is 2.39 bits per heavy atom. The quantitative estimate of drug-likeness (QED) is 0.564. The molecule has 0 saturated heterocycles. The minimum absolute atomic E-state index is 0.619. The lowest BCUT2D eigenvalue weighted by molar-refractivity contribution is 0.300. The van der Waals surface area contributed by atoms with Crippen LogP contribution in [0.25, 0.3) is 0 Å². The first-order valence-electron chi connectivity index (χ1n) is 7.08. The molecule has 0 amide bonds. The van der Waals surface area contributed by atoms with E-state index in [1.165, 1.54) is 38.5 Å². The summed E-state index contributed by atoms with van der Waals surface area (Å²) < 4.78 is 0. The van der Waals surface area contributed by atoms with Gasteiger partial charge in [0, 0.05) is 16.4 Å². The highest BCUT2D eigenvalue weighted by molar-refractivity contribution is 7.80. The third-order valence-electron chi connectivity index (χ3n) is 3.83. The molecule has 1 aliphatic carbocycles. The van der Waals surface area contributed by atoms with Crippen molar-refractivity contribution in [3.05, 3.63) is 29.8 Å². The van der Waals surface area contributed by atoms with Crippen molar-refractivity contribution in [3.63, 3.8) is 0 Å². The maximum absolute atomic E-state index is 4.28. The normalized spacial score (nSPS) is 23.2. The molecule has 0 heterocycles. The summed E-state index contributed by atoms with van der Waals surface area (Å²) in [5, 5.41) is 0. The van der Waals surface area contributed by atoms with E-state index in [0.29, 0.717) is 5.92 Å². The lowest BCUT2D eigenvalue weighted by Gasteiger charge is -2.25. The summed E-state index contributed by atoms with van der Waals surface area (Å²) in [6.45, 7) is 2.29. The third kappa shape index (κ3) is 4.10. The number of hydrogen-bond donors (Lipinski definition) is 1. The van der Waals surface area contributed by atoms with Crippen LogP contribution in [0.4, 0.5) is 0 Å². The molecule has 1 aliphatic rings. The Bertz CT molecular complexity index is 413. The van der Waals surface area contributed by atoms with Gasteiger partial charge in [-0.1, -0.05) is 31.6 Å². The molecule has 0 spiro atoms. The van der Waals surface area contributed by atoms with Crippen LogP contribution in [0.15, 0.2) is 29.2 Å². The lowest BCUT2D eigenvalue weighted by Crippen LogP contribution is -2.13. The van der Waals surface area contributed by atoms with Crippen molar-refractivity contribution >= 4 is 12.6 Å². The van der Waals surface area contributed by atoms with E-state index in [1.54, 1.807) is 0 Å². The molecule has 1 saturated carbocycles. The molecule has 0 aromatic heterocycles. The molecule has 1 fully saturated rings. The van der Waals surface area contributed by atoms with Gasteiger partial charge in [0.1, 0.15) is 0 Å². The van der Waals surface area contributed by atoms with Crippen molar-refractivity contribution in [1.29, 1.82) is 0 Å². The highest BCUT2D eigenvalue weighted by Gasteiger charge is 2.18. The summed E-state index contributed by atoms with van der Waals surface area (Å²) in [6.07, 6.45) is 8.08. The standard InChI is InChI=1S/C17H22S/c1-2-3-14-4-6-15(7-5-14)8-9-16-10-12-17(18)13-11-16/h10-15,18H,2-7H2,1H3. The summed E-state index contributed by atoms with van der Waals surface area (Å²) in [5.74, 6) is 8.34. The van der Waals surface area contributed by atoms with Crippen LogP contribution in [0.1, 0.15) is 51.0 Å². The van der Waals surface area contributed by atoms with Crippen molar-refractivity contribution in [1.82, 2.24) is 0 Å². The lowest BCUT2D eigenvalue weighted by atomic mass is 9.80. The molecule has 0 unspecified atom stereocenters. The second kappa shape index (κ2) is 6.90. The van der Waals surface area contributed by atoms with E-state index >= 15 is 0 Å². The molecule has 0 N–H and O–H groups in total. The van der Waals surface area contributed by atoms with Crippen molar-refractivity contribution < 1.29 is 0 Å². The Kier molecular flexibility index (Phi) is 5.20. The van der Waals surface area contributed by atoms with Gasteiger partial charge in [0.15, 0.2) is 0 Å². The Morgan fingerprint density at radius 2 is 1.78 bits per heavy atom. The zero-order valence-electron chi connectivity index (χ0n) is 11.2. The van der Waals surface area contributed by atoms with Crippen LogP contribution in [0.3, 0.4) is 0 Å². The first kappa shape index (κ1) is 13.6. The van der Waals surface area contributed by atoms with E-state index in [4.69, 9.17) is 0 Å². The molecule has 18 heavy (non-hydrogen) atoms. The Labute approximate surface area is 117 Å². The minimum Gasteiger partial charge on any atom is -0.143 e. The number of benzene rings is 1. The molecule has 0 nitrogen and oxygen atoms in total. The average Bonchev–Trinajstić information content (AvgIpc) is 2.40. The predicted octanol–water partition coefficient (Wildman–Crippen LogP) is 4.93. The van der Waals surface area contributed by atoms with Crippen molar-refractivity contribution in [2.45, 2.75) is 50.3 Å². The summed E-state index contributed by atoms with van der Waals surface area (Å²) in [7, 11) is 0. The number of hydrogen-bond acceptors (Lipinski definition) is 1. The van der Waals surface area contributed by atoms with Gasteiger partial charge in [-0.3, -0.25) is 0 Å². The van der Waals surface area contributed by atoms with Crippen molar-refractivity contribution in [2.75, 3.05) is 0 Å². The zero-order valence-corrected chi connectivity index (χ0v) is 12.0. The van der Waals surface area contributed by atoms with E-state index in [9.17, 15) is 0 Å². The first-order valence-corrected chi connectivity index (χ1v) is 7.53. The third-order valence-corrected chi connectivity index (χ3v) is 4.13. The molecular formula is C17H22S. The van der Waals surface area contributed by atoms with Gasteiger partial charge in [-0.05, 0) is 55.9 Å². The highest BCUT2D eigenvalue weighted by atomic mass is 32.1. The number of thiol groups is 1. The number of rotatable bonds is 2. The summed E-state index contributed by atoms with van der Waals surface area (Å²) >= 11 is 4.28. The molecule has 0 aliphatic heterocycles. The van der Waals surface area contributed by atoms with Gasteiger partial charge in [0.2, 0.25) is 0 Å². The van der Waals surface area contributed by atoms with E-state index in [1.807, 2.05) is 12.1 Å². The van der Waals surface area contributed by atoms with E-state index < -0.39 is 0 Å². The van der Waals surface area contributed by atoms with Crippen LogP contribution in [0.2, 0.25) is 0 Å². The highest BCUT2D eigenvalue weighted by Crippen LogP contribution is 2.31. The monoisotopic (exact) mass is 258 g/mol. The zero-order chi connectivity index (χ0) is 12.8. The Balaban J connectivity index is 1.86. The van der Waals surface area contributed by atoms with Crippen LogP contribution in [-0.4, -0.2) is 0 Å². The predicted molar refractivity (Wildman–Crippen MR) is 80.9 cm³/mol. The van der Waals surface area contributed by atoms with Gasteiger partial charge in [-0.2, -0.15) is 0 Å². The van der Waals surface area contributed by atoms with Crippen LogP contribution < -0.4 is 0 Å². The first-order chi connectivity index (χ1) is 8.78. The van der Waals surface area contributed by atoms with Crippen LogP contribution in [-0.2, 0) is 0 Å². The molecular weight excluding hydrogens is 236 g/mol. The second-order valence-corrected chi connectivity index (χ2v) is 5.84. The topological polar surface area (TPSA) is 0 Å². The summed E-state index contributed by atoms with van der Waals surface area (Å²) in [4.78, 5) is 1.00. The molecule has 0 radical (unpaired) electrons. The Hall–Kier alpha value is -0.870. The molecule has 96 valence electrons. The van der Waals surface area contributed by atoms with Gasteiger partial charge in [-0.15, -0.1) is 12.6 Å². The van der Waals surface area contributed by atoms with Crippen LogP contribution in [0, 0.1) is 23.7 Å².